The molecule has 1 heterocycles. The number of hydrogen-bond acceptors (Lipinski definition) is 2. The standard InChI is InChI=1S/C63H43NO/c1-63(2)57-23-13-12-20-53(57)54-35-34-48(39-58(54)63)64(46-30-26-42(27-31-46)40-14-4-3-5-15-40)47-32-28-43(29-33-47)50-37-36-49(45-25-24-41-16-6-7-17-44(41)38-45)59-60-55-21-10-8-18-51(55)52-19-9-11-22-56(52)62(60)65-61(50)59/h3-39H,1-2H3. The number of nitrogens with zero attached hydrogens (tertiary/aromatic N) is 1. The van der Waals surface area contributed by atoms with Crippen LogP contribution in [0.3, 0.4) is 0 Å². The molecule has 1 aliphatic rings. The number of anilines is 3. The van der Waals surface area contributed by atoms with Crippen molar-refractivity contribution in [1.29, 1.82) is 0 Å². The first-order valence-electron chi connectivity index (χ1n) is 22.6. The summed E-state index contributed by atoms with van der Waals surface area (Å²) in [5, 5.41) is 9.49. The Labute approximate surface area is 378 Å². The predicted octanol–water partition coefficient (Wildman–Crippen LogP) is 17.8. The van der Waals surface area contributed by atoms with Gasteiger partial charge in [-0.05, 0) is 126 Å². The molecule has 0 atom stereocenters. The van der Waals surface area contributed by atoms with Crippen molar-refractivity contribution >= 4 is 71.3 Å². The molecule has 1 aromatic heterocycles. The van der Waals surface area contributed by atoms with Crippen molar-refractivity contribution in [1.82, 2.24) is 0 Å². The molecule has 13 rings (SSSR count). The van der Waals surface area contributed by atoms with Gasteiger partial charge in [-0.25, -0.2) is 0 Å². The maximum atomic E-state index is 7.25. The van der Waals surface area contributed by atoms with Crippen LogP contribution in [0, 0.1) is 0 Å². The zero-order valence-corrected chi connectivity index (χ0v) is 36.2. The van der Waals surface area contributed by atoms with Crippen LogP contribution < -0.4 is 4.90 Å². The molecule has 0 aliphatic heterocycles. The quantitative estimate of drug-likeness (QED) is 0.155. The van der Waals surface area contributed by atoms with Crippen LogP contribution in [-0.2, 0) is 5.41 Å². The number of hydrogen-bond donors (Lipinski definition) is 0. The van der Waals surface area contributed by atoms with E-state index in [1.165, 1.54) is 65.9 Å². The van der Waals surface area contributed by atoms with Crippen molar-refractivity contribution in [2.45, 2.75) is 19.3 Å². The zero-order valence-electron chi connectivity index (χ0n) is 36.2. The van der Waals surface area contributed by atoms with Gasteiger partial charge in [0, 0.05) is 44.2 Å². The van der Waals surface area contributed by atoms with Crippen molar-refractivity contribution in [3.05, 3.63) is 236 Å². The van der Waals surface area contributed by atoms with Gasteiger partial charge < -0.3 is 9.32 Å². The summed E-state index contributed by atoms with van der Waals surface area (Å²) in [6.45, 7) is 4.70. The second-order valence-corrected chi connectivity index (χ2v) is 18.0. The van der Waals surface area contributed by atoms with Crippen molar-refractivity contribution in [2.24, 2.45) is 0 Å². The van der Waals surface area contributed by atoms with Gasteiger partial charge in [-0.15, -0.1) is 0 Å². The van der Waals surface area contributed by atoms with Crippen LogP contribution in [0.25, 0.3) is 98.8 Å². The average Bonchev–Trinajstić information content (AvgIpc) is 3.88. The third-order valence-corrected chi connectivity index (χ3v) is 14.1. The lowest BCUT2D eigenvalue weighted by atomic mass is 9.82. The van der Waals surface area contributed by atoms with Crippen LogP contribution in [0.4, 0.5) is 17.1 Å². The molecule has 2 nitrogen and oxygen atoms in total. The maximum Gasteiger partial charge on any atom is 0.143 e. The Kier molecular flexibility index (Phi) is 8.29. The zero-order chi connectivity index (χ0) is 43.2. The Morgan fingerprint density at radius 2 is 0.862 bits per heavy atom. The highest BCUT2D eigenvalue weighted by Crippen LogP contribution is 2.52. The molecule has 0 saturated carbocycles. The third-order valence-electron chi connectivity index (χ3n) is 14.1. The highest BCUT2D eigenvalue weighted by molar-refractivity contribution is 6.33. The Morgan fingerprint density at radius 3 is 1.63 bits per heavy atom. The summed E-state index contributed by atoms with van der Waals surface area (Å²) >= 11 is 0. The molecule has 306 valence electrons. The van der Waals surface area contributed by atoms with Gasteiger partial charge in [0.1, 0.15) is 11.2 Å². The minimum Gasteiger partial charge on any atom is -0.455 e. The lowest BCUT2D eigenvalue weighted by Gasteiger charge is -2.28. The molecular weight excluding hydrogens is 787 g/mol. The molecule has 0 saturated heterocycles. The minimum atomic E-state index is -0.123. The van der Waals surface area contributed by atoms with Crippen molar-refractivity contribution < 1.29 is 4.42 Å². The maximum absolute atomic E-state index is 7.25. The molecule has 12 aromatic rings. The van der Waals surface area contributed by atoms with E-state index in [1.807, 2.05) is 0 Å². The first kappa shape index (κ1) is 37.4. The fraction of sp³-hybridized carbons (Fsp3) is 0.0476. The fourth-order valence-corrected chi connectivity index (χ4v) is 10.8. The van der Waals surface area contributed by atoms with Crippen LogP contribution in [0.15, 0.2) is 229 Å². The largest absolute Gasteiger partial charge is 0.455 e. The van der Waals surface area contributed by atoms with Gasteiger partial charge in [0.25, 0.3) is 0 Å². The Hall–Kier alpha value is -8.20. The summed E-state index contributed by atoms with van der Waals surface area (Å²) in [5.74, 6) is 0. The van der Waals surface area contributed by atoms with E-state index in [1.54, 1.807) is 0 Å². The average molecular weight is 830 g/mol. The van der Waals surface area contributed by atoms with E-state index in [2.05, 4.69) is 243 Å². The van der Waals surface area contributed by atoms with Gasteiger partial charge in [-0.2, -0.15) is 0 Å². The van der Waals surface area contributed by atoms with E-state index in [4.69, 9.17) is 4.42 Å². The minimum absolute atomic E-state index is 0.123. The molecule has 0 amide bonds. The predicted molar refractivity (Wildman–Crippen MR) is 275 cm³/mol. The first-order chi connectivity index (χ1) is 32.0. The SMILES string of the molecule is CC1(C)c2ccccc2-c2ccc(N(c3ccc(-c4ccccc4)cc3)c3ccc(-c4ccc(-c5ccc6ccccc6c5)c5c4oc4c6ccccc6c6ccccc6c45)cc3)cc21. The molecule has 0 unspecified atom stereocenters. The van der Waals surface area contributed by atoms with E-state index in [0.29, 0.717) is 0 Å². The summed E-state index contributed by atoms with van der Waals surface area (Å²) in [6, 6.07) is 82.0. The molecular formula is C63H43NO. The topological polar surface area (TPSA) is 16.4 Å². The van der Waals surface area contributed by atoms with Crippen molar-refractivity contribution in [3.8, 4) is 44.5 Å². The van der Waals surface area contributed by atoms with Crippen molar-refractivity contribution in [3.63, 3.8) is 0 Å². The molecule has 0 N–H and O–H groups in total. The highest BCUT2D eigenvalue weighted by atomic mass is 16.3. The second kappa shape index (κ2) is 14.4. The van der Waals surface area contributed by atoms with Crippen LogP contribution in [0.2, 0.25) is 0 Å². The van der Waals surface area contributed by atoms with Crippen LogP contribution in [0.5, 0.6) is 0 Å². The summed E-state index contributed by atoms with van der Waals surface area (Å²) in [7, 11) is 0. The molecule has 2 heteroatoms. The van der Waals surface area contributed by atoms with E-state index in [0.717, 1.165) is 61.1 Å². The lowest BCUT2D eigenvalue weighted by Crippen LogP contribution is -2.16. The van der Waals surface area contributed by atoms with Gasteiger partial charge in [-0.1, -0.05) is 190 Å². The van der Waals surface area contributed by atoms with Crippen LogP contribution in [0.1, 0.15) is 25.0 Å². The van der Waals surface area contributed by atoms with E-state index >= 15 is 0 Å². The summed E-state index contributed by atoms with van der Waals surface area (Å²) in [4.78, 5) is 2.40. The normalized spacial score (nSPS) is 12.9. The Bertz CT molecular complexity index is 3840. The van der Waals surface area contributed by atoms with Gasteiger partial charge in [0.05, 0.1) is 0 Å². The number of benzene rings is 11. The van der Waals surface area contributed by atoms with E-state index in [9.17, 15) is 0 Å². The summed E-state index contributed by atoms with van der Waals surface area (Å²) in [5.41, 5.74) is 17.3. The number of fused-ring (bicyclic) bond motifs is 12. The van der Waals surface area contributed by atoms with Crippen LogP contribution >= 0.6 is 0 Å². The monoisotopic (exact) mass is 829 g/mol. The molecule has 0 radical (unpaired) electrons. The first-order valence-corrected chi connectivity index (χ1v) is 22.6. The van der Waals surface area contributed by atoms with Gasteiger partial charge in [-0.3, -0.25) is 0 Å². The van der Waals surface area contributed by atoms with Gasteiger partial charge in [0.15, 0.2) is 0 Å². The highest BCUT2D eigenvalue weighted by Gasteiger charge is 2.36. The van der Waals surface area contributed by atoms with Gasteiger partial charge >= 0.3 is 0 Å². The fourth-order valence-electron chi connectivity index (χ4n) is 10.8. The Morgan fingerprint density at radius 1 is 0.323 bits per heavy atom. The number of furan rings is 1. The molecule has 1 aliphatic carbocycles. The summed E-state index contributed by atoms with van der Waals surface area (Å²) in [6.07, 6.45) is 0. The lowest BCUT2D eigenvalue weighted by molar-refractivity contribution is 0.660. The van der Waals surface area contributed by atoms with E-state index in [-0.39, 0.29) is 5.41 Å². The summed E-state index contributed by atoms with van der Waals surface area (Å²) < 4.78 is 7.25. The molecule has 0 bridgehead atoms. The third kappa shape index (κ3) is 5.81. The molecule has 0 spiro atoms. The van der Waals surface area contributed by atoms with Crippen molar-refractivity contribution in [2.75, 3.05) is 4.90 Å². The molecule has 65 heavy (non-hydrogen) atoms. The smallest absolute Gasteiger partial charge is 0.143 e. The Balaban J connectivity index is 0.995. The van der Waals surface area contributed by atoms with E-state index < -0.39 is 0 Å². The van der Waals surface area contributed by atoms with Gasteiger partial charge in [0.2, 0.25) is 0 Å². The number of rotatable bonds is 6. The molecule has 11 aromatic carbocycles. The van der Waals surface area contributed by atoms with Crippen LogP contribution in [-0.4, -0.2) is 0 Å². The second-order valence-electron chi connectivity index (χ2n) is 18.0. The molecule has 0 fully saturated rings.